The van der Waals surface area contributed by atoms with Crippen LogP contribution in [0.4, 0.5) is 13.2 Å². The molecule has 0 spiro atoms. The molecule has 0 bridgehead atoms. The Morgan fingerprint density at radius 2 is 1.57 bits per heavy atom. The summed E-state index contributed by atoms with van der Waals surface area (Å²) in [6.07, 6.45) is -5.78. The topological polar surface area (TPSA) is 37.3 Å². The van der Waals surface area contributed by atoms with E-state index in [0.717, 1.165) is 12.1 Å². The second-order valence-corrected chi connectivity index (χ2v) is 4.65. The highest BCUT2D eigenvalue weighted by molar-refractivity contribution is 5.86. The summed E-state index contributed by atoms with van der Waals surface area (Å²) in [5, 5.41) is 9.90. The summed E-state index contributed by atoms with van der Waals surface area (Å²) in [6.45, 7) is 0. The summed E-state index contributed by atoms with van der Waals surface area (Å²) in [5.41, 5.74) is 0.139. The summed E-state index contributed by atoms with van der Waals surface area (Å²) in [5.74, 6) is -0.457. The predicted molar refractivity (Wildman–Crippen MR) is 71.6 cm³/mol. The molecular weight excluding hydrogens is 281 g/mol. The molecule has 0 saturated carbocycles. The predicted octanol–water partition coefficient (Wildman–Crippen LogP) is 3.55. The number of carbonyl (C=O) groups is 1. The maximum Gasteiger partial charge on any atom is 0.416 e. The van der Waals surface area contributed by atoms with E-state index in [1.54, 1.807) is 30.3 Å². The van der Waals surface area contributed by atoms with Crippen LogP contribution >= 0.6 is 0 Å². The van der Waals surface area contributed by atoms with E-state index in [9.17, 15) is 23.1 Å². The largest absolute Gasteiger partial charge is 0.416 e. The minimum Gasteiger partial charge on any atom is -0.381 e. The number of hydrogen-bond donors (Lipinski definition) is 1. The van der Waals surface area contributed by atoms with E-state index in [1.807, 2.05) is 0 Å². The lowest BCUT2D eigenvalue weighted by atomic mass is 9.99. The average Bonchev–Trinajstić information content (AvgIpc) is 2.47. The van der Waals surface area contributed by atoms with Crippen LogP contribution in [0.3, 0.4) is 0 Å². The third kappa shape index (κ3) is 3.92. The Hall–Kier alpha value is -2.14. The molecule has 5 heteroatoms. The first-order chi connectivity index (χ1) is 9.88. The van der Waals surface area contributed by atoms with E-state index in [1.165, 1.54) is 12.1 Å². The number of rotatable bonds is 4. The minimum atomic E-state index is -4.40. The van der Waals surface area contributed by atoms with Gasteiger partial charge in [0.25, 0.3) is 0 Å². The van der Waals surface area contributed by atoms with Gasteiger partial charge in [0, 0.05) is 6.42 Å². The molecule has 1 N–H and O–H groups in total. The third-order valence-corrected chi connectivity index (χ3v) is 3.08. The van der Waals surface area contributed by atoms with E-state index >= 15 is 0 Å². The molecule has 1 unspecified atom stereocenters. The van der Waals surface area contributed by atoms with E-state index in [-0.39, 0.29) is 6.42 Å². The fourth-order valence-electron chi connectivity index (χ4n) is 1.93. The van der Waals surface area contributed by atoms with Crippen molar-refractivity contribution in [3.63, 3.8) is 0 Å². The van der Waals surface area contributed by atoms with Crippen LogP contribution < -0.4 is 0 Å². The molecular formula is C16H13F3O2. The molecule has 1 atom stereocenters. The summed E-state index contributed by atoms with van der Waals surface area (Å²) in [6, 6.07) is 12.8. The molecule has 0 aromatic heterocycles. The van der Waals surface area contributed by atoms with Crippen LogP contribution in [0, 0.1) is 0 Å². The molecule has 0 heterocycles. The van der Waals surface area contributed by atoms with Crippen LogP contribution in [0.25, 0.3) is 0 Å². The van der Waals surface area contributed by atoms with Crippen molar-refractivity contribution in [2.75, 3.05) is 0 Å². The van der Waals surface area contributed by atoms with E-state index in [4.69, 9.17) is 0 Å². The minimum absolute atomic E-state index is 0.117. The molecule has 0 aliphatic rings. The molecule has 21 heavy (non-hydrogen) atoms. The number of halogens is 3. The molecule has 2 rings (SSSR count). The Balaban J connectivity index is 2.06. The molecule has 2 nitrogen and oxygen atoms in total. The van der Waals surface area contributed by atoms with Crippen molar-refractivity contribution in [2.45, 2.75) is 18.7 Å². The maximum atomic E-state index is 12.4. The molecule has 2 aromatic rings. The van der Waals surface area contributed by atoms with Gasteiger partial charge < -0.3 is 5.11 Å². The number of aliphatic hydroxyl groups is 1. The van der Waals surface area contributed by atoms with Crippen LogP contribution in [-0.4, -0.2) is 10.9 Å². The van der Waals surface area contributed by atoms with Gasteiger partial charge >= 0.3 is 6.18 Å². The Morgan fingerprint density at radius 1 is 1.00 bits per heavy atom. The quantitative estimate of drug-likeness (QED) is 0.936. The highest BCUT2D eigenvalue weighted by atomic mass is 19.4. The van der Waals surface area contributed by atoms with E-state index in [2.05, 4.69) is 0 Å². The Kier molecular flexibility index (Phi) is 4.43. The van der Waals surface area contributed by atoms with Gasteiger partial charge in [-0.2, -0.15) is 13.2 Å². The van der Waals surface area contributed by atoms with Crippen molar-refractivity contribution >= 4 is 5.78 Å². The molecule has 0 saturated heterocycles. The molecule has 0 aliphatic carbocycles. The number of alkyl halides is 3. The van der Waals surface area contributed by atoms with Crippen LogP contribution in [0.1, 0.15) is 22.8 Å². The second-order valence-electron chi connectivity index (χ2n) is 4.65. The van der Waals surface area contributed by atoms with Gasteiger partial charge in [0.2, 0.25) is 0 Å². The van der Waals surface area contributed by atoms with Gasteiger partial charge in [-0.1, -0.05) is 42.5 Å². The van der Waals surface area contributed by atoms with Crippen LogP contribution in [0.15, 0.2) is 54.6 Å². The molecule has 2 aromatic carbocycles. The third-order valence-electron chi connectivity index (χ3n) is 3.08. The van der Waals surface area contributed by atoms with Crippen LogP contribution in [-0.2, 0) is 17.4 Å². The highest BCUT2D eigenvalue weighted by Crippen LogP contribution is 2.29. The average molecular weight is 294 g/mol. The van der Waals surface area contributed by atoms with Crippen molar-refractivity contribution in [3.05, 3.63) is 71.3 Å². The zero-order chi connectivity index (χ0) is 15.5. The smallest absolute Gasteiger partial charge is 0.381 e. The van der Waals surface area contributed by atoms with Crippen LogP contribution in [0.2, 0.25) is 0 Å². The number of Topliss-reactive ketones (excluding diaryl/α,β-unsaturated/α-hetero) is 1. The number of benzene rings is 2. The molecule has 0 amide bonds. The van der Waals surface area contributed by atoms with Gasteiger partial charge in [0.05, 0.1) is 5.56 Å². The van der Waals surface area contributed by atoms with Gasteiger partial charge in [-0.15, -0.1) is 0 Å². The summed E-state index contributed by atoms with van der Waals surface area (Å²) < 4.78 is 37.3. The van der Waals surface area contributed by atoms with Gasteiger partial charge in [0.15, 0.2) is 5.78 Å². The lowest BCUT2D eigenvalue weighted by Gasteiger charge is -2.11. The maximum absolute atomic E-state index is 12.4. The Morgan fingerprint density at radius 3 is 2.10 bits per heavy atom. The lowest BCUT2D eigenvalue weighted by molar-refractivity contribution is -0.137. The van der Waals surface area contributed by atoms with Crippen molar-refractivity contribution < 1.29 is 23.1 Å². The van der Waals surface area contributed by atoms with Gasteiger partial charge in [-0.3, -0.25) is 4.79 Å². The number of aliphatic hydroxyl groups excluding tert-OH is 1. The SMILES string of the molecule is O=C(Cc1ccc(C(F)(F)F)cc1)C(O)c1ccccc1. The monoisotopic (exact) mass is 294 g/mol. The first-order valence-electron chi connectivity index (χ1n) is 6.30. The molecule has 0 fully saturated rings. The van der Waals surface area contributed by atoms with Gasteiger partial charge in [0.1, 0.15) is 6.10 Å². The van der Waals surface area contributed by atoms with Gasteiger partial charge in [-0.25, -0.2) is 0 Å². The zero-order valence-corrected chi connectivity index (χ0v) is 11.0. The first kappa shape index (κ1) is 15.3. The van der Waals surface area contributed by atoms with Gasteiger partial charge in [-0.05, 0) is 23.3 Å². The summed E-state index contributed by atoms with van der Waals surface area (Å²) in [7, 11) is 0. The Bertz CT molecular complexity index is 604. The van der Waals surface area contributed by atoms with Crippen molar-refractivity contribution in [3.8, 4) is 0 Å². The van der Waals surface area contributed by atoms with Crippen molar-refractivity contribution in [1.29, 1.82) is 0 Å². The fraction of sp³-hybridized carbons (Fsp3) is 0.188. The molecule has 0 aliphatic heterocycles. The van der Waals surface area contributed by atoms with E-state index < -0.39 is 23.6 Å². The number of carbonyl (C=O) groups excluding carboxylic acids is 1. The fourth-order valence-corrected chi connectivity index (χ4v) is 1.93. The van der Waals surface area contributed by atoms with Crippen LogP contribution in [0.5, 0.6) is 0 Å². The Labute approximate surface area is 119 Å². The van der Waals surface area contributed by atoms with E-state index in [0.29, 0.717) is 11.1 Å². The van der Waals surface area contributed by atoms with Crippen molar-refractivity contribution in [2.24, 2.45) is 0 Å². The molecule has 0 radical (unpaired) electrons. The molecule has 110 valence electrons. The summed E-state index contributed by atoms with van der Waals surface area (Å²) >= 11 is 0. The lowest BCUT2D eigenvalue weighted by Crippen LogP contribution is -2.14. The standard InChI is InChI=1S/C16H13F3O2/c17-16(18,19)13-8-6-11(7-9-13)10-14(20)15(21)12-4-2-1-3-5-12/h1-9,15,21H,10H2. The first-order valence-corrected chi connectivity index (χ1v) is 6.30. The second kappa shape index (κ2) is 6.10. The summed E-state index contributed by atoms with van der Waals surface area (Å²) in [4.78, 5) is 11.9. The highest BCUT2D eigenvalue weighted by Gasteiger charge is 2.30. The number of ketones is 1. The number of hydrogen-bond acceptors (Lipinski definition) is 2. The zero-order valence-electron chi connectivity index (χ0n) is 11.0. The normalized spacial score (nSPS) is 13.0. The van der Waals surface area contributed by atoms with Crippen molar-refractivity contribution in [1.82, 2.24) is 0 Å².